The summed E-state index contributed by atoms with van der Waals surface area (Å²) >= 11 is 0. The van der Waals surface area contributed by atoms with Crippen LogP contribution in [0.3, 0.4) is 0 Å². The molecule has 1 aromatic heterocycles. The molecule has 0 aliphatic carbocycles. The number of imidazole rings is 1. The predicted octanol–water partition coefficient (Wildman–Crippen LogP) is 0.526. The van der Waals surface area contributed by atoms with E-state index in [1.807, 2.05) is 0 Å². The van der Waals surface area contributed by atoms with Crippen molar-refractivity contribution in [2.24, 2.45) is 0 Å². The maximum absolute atomic E-state index is 12.4. The van der Waals surface area contributed by atoms with Gasteiger partial charge in [0.2, 0.25) is 0 Å². The molecule has 0 N–H and O–H groups in total. The molecule has 0 saturated heterocycles. The first-order chi connectivity index (χ1) is 12.4. The molecule has 0 aliphatic heterocycles. The van der Waals surface area contributed by atoms with Crippen LogP contribution in [0.1, 0.15) is 26.7 Å². The highest BCUT2D eigenvalue weighted by Crippen LogP contribution is 2.08. The average Bonchev–Trinajstić information content (AvgIpc) is 3.08. The molecule has 1 amide bonds. The lowest BCUT2D eigenvalue weighted by Gasteiger charge is -2.22. The van der Waals surface area contributed by atoms with Crippen LogP contribution in [-0.2, 0) is 30.4 Å². The van der Waals surface area contributed by atoms with Crippen molar-refractivity contribution >= 4 is 23.8 Å². The molecule has 0 saturated carbocycles. The van der Waals surface area contributed by atoms with Crippen molar-refractivity contribution in [3.63, 3.8) is 0 Å². The molecule has 11 nitrogen and oxygen atoms in total. The number of hydrogen-bond donors (Lipinski definition) is 0. The van der Waals surface area contributed by atoms with Gasteiger partial charge in [0, 0.05) is 12.8 Å². The quantitative estimate of drug-likeness (QED) is 0.313. The summed E-state index contributed by atoms with van der Waals surface area (Å²) in [5.74, 6) is -1.71. The summed E-state index contributed by atoms with van der Waals surface area (Å²) in [6.45, 7) is 3.10. The third-order valence-corrected chi connectivity index (χ3v) is 3.34. The summed E-state index contributed by atoms with van der Waals surface area (Å²) < 4.78 is 11.0. The zero-order valence-corrected chi connectivity index (χ0v) is 14.8. The Kier molecular flexibility index (Phi) is 8.75. The summed E-state index contributed by atoms with van der Waals surface area (Å²) in [7, 11) is 0. The molecule has 26 heavy (non-hydrogen) atoms. The number of hydrogen-bond acceptors (Lipinski definition) is 8. The SMILES string of the molecule is CCC(=O)OCCN(CCOC(=O)CC)C(=O)Cn1ccnc1[N+](=O)[O-]. The molecule has 11 heteroatoms. The third kappa shape index (κ3) is 6.87. The van der Waals surface area contributed by atoms with Gasteiger partial charge in [-0.1, -0.05) is 18.8 Å². The van der Waals surface area contributed by atoms with Crippen LogP contribution in [0.15, 0.2) is 12.4 Å². The molecular formula is C15H22N4O7. The van der Waals surface area contributed by atoms with Crippen molar-refractivity contribution in [2.75, 3.05) is 26.3 Å². The molecule has 0 unspecified atom stereocenters. The molecule has 0 aromatic carbocycles. The molecule has 0 atom stereocenters. The number of esters is 2. The average molecular weight is 370 g/mol. The molecule has 0 aliphatic rings. The fourth-order valence-corrected chi connectivity index (χ4v) is 1.95. The number of nitro groups is 1. The number of carbonyl (C=O) groups excluding carboxylic acids is 3. The normalized spacial score (nSPS) is 10.2. The zero-order chi connectivity index (χ0) is 19.5. The van der Waals surface area contributed by atoms with E-state index in [2.05, 4.69) is 4.98 Å². The predicted molar refractivity (Wildman–Crippen MR) is 88.0 cm³/mol. The van der Waals surface area contributed by atoms with Crippen LogP contribution >= 0.6 is 0 Å². The molecule has 0 bridgehead atoms. The Morgan fingerprint density at radius 2 is 1.69 bits per heavy atom. The van der Waals surface area contributed by atoms with Gasteiger partial charge in [0.05, 0.1) is 13.1 Å². The van der Waals surface area contributed by atoms with E-state index in [0.717, 1.165) is 4.57 Å². The van der Waals surface area contributed by atoms with E-state index in [4.69, 9.17) is 9.47 Å². The highest BCUT2D eigenvalue weighted by molar-refractivity contribution is 5.76. The minimum absolute atomic E-state index is 0.0217. The number of amides is 1. The van der Waals surface area contributed by atoms with Crippen molar-refractivity contribution in [3.05, 3.63) is 22.5 Å². The number of carbonyl (C=O) groups is 3. The summed E-state index contributed by atoms with van der Waals surface area (Å²) in [4.78, 5) is 49.9. The van der Waals surface area contributed by atoms with Crippen LogP contribution < -0.4 is 0 Å². The van der Waals surface area contributed by atoms with Crippen molar-refractivity contribution < 1.29 is 28.8 Å². The molecular weight excluding hydrogens is 348 g/mol. The smallest absolute Gasteiger partial charge is 0.435 e. The minimum Gasteiger partial charge on any atom is -0.464 e. The molecule has 1 aromatic rings. The van der Waals surface area contributed by atoms with Crippen molar-refractivity contribution in [2.45, 2.75) is 33.2 Å². The minimum atomic E-state index is -0.691. The summed E-state index contributed by atoms with van der Waals surface area (Å²) in [6, 6.07) is 0. The van der Waals surface area contributed by atoms with Crippen LogP contribution in [0, 0.1) is 10.1 Å². The van der Waals surface area contributed by atoms with Gasteiger partial charge in [-0.3, -0.25) is 14.4 Å². The number of aromatic nitrogens is 2. The van der Waals surface area contributed by atoms with Crippen LogP contribution in [0.2, 0.25) is 0 Å². The Balaban J connectivity index is 2.69. The Bertz CT molecular complexity index is 622. The van der Waals surface area contributed by atoms with Crippen LogP contribution in [0.4, 0.5) is 5.95 Å². The first-order valence-corrected chi connectivity index (χ1v) is 8.13. The van der Waals surface area contributed by atoms with Crippen LogP contribution in [0.5, 0.6) is 0 Å². The lowest BCUT2D eigenvalue weighted by Crippen LogP contribution is -2.39. The summed E-state index contributed by atoms with van der Waals surface area (Å²) in [6.07, 6.45) is 2.97. The van der Waals surface area contributed by atoms with Gasteiger partial charge in [0.15, 0.2) is 6.54 Å². The molecule has 0 spiro atoms. The highest BCUT2D eigenvalue weighted by Gasteiger charge is 2.21. The molecule has 144 valence electrons. The second-order valence-electron chi connectivity index (χ2n) is 5.14. The maximum Gasteiger partial charge on any atom is 0.435 e. The first kappa shape index (κ1) is 21.1. The number of rotatable bonds is 11. The van der Waals surface area contributed by atoms with Gasteiger partial charge in [-0.05, 0) is 4.92 Å². The van der Waals surface area contributed by atoms with Gasteiger partial charge in [-0.15, -0.1) is 0 Å². The largest absolute Gasteiger partial charge is 0.464 e. The Morgan fingerprint density at radius 1 is 1.15 bits per heavy atom. The standard InChI is InChI=1S/C15H22N4O7/c1-3-13(21)25-9-7-17(8-10-26-14(22)4-2)12(20)11-18-6-5-16-15(18)19(23)24/h5-6H,3-4,7-11H2,1-2H3. The lowest BCUT2D eigenvalue weighted by atomic mass is 10.4. The van der Waals surface area contributed by atoms with Crippen molar-refractivity contribution in [3.8, 4) is 0 Å². The van der Waals surface area contributed by atoms with Crippen LogP contribution in [-0.4, -0.2) is 63.5 Å². The Labute approximate surface area is 150 Å². The fraction of sp³-hybridized carbons (Fsp3) is 0.600. The number of nitrogens with zero attached hydrogens (tertiary/aromatic N) is 4. The van der Waals surface area contributed by atoms with E-state index >= 15 is 0 Å². The van der Waals surface area contributed by atoms with Gasteiger partial charge in [-0.2, -0.15) is 0 Å². The second kappa shape index (κ2) is 10.8. The molecule has 1 heterocycles. The van der Waals surface area contributed by atoms with E-state index in [0.29, 0.717) is 0 Å². The zero-order valence-electron chi connectivity index (χ0n) is 14.8. The fourth-order valence-electron chi connectivity index (χ4n) is 1.95. The topological polar surface area (TPSA) is 134 Å². The maximum atomic E-state index is 12.4. The van der Waals surface area contributed by atoms with Gasteiger partial charge >= 0.3 is 17.9 Å². The second-order valence-corrected chi connectivity index (χ2v) is 5.14. The van der Waals surface area contributed by atoms with Gasteiger partial charge in [-0.25, -0.2) is 4.57 Å². The number of ether oxygens (including phenoxy) is 2. The third-order valence-electron chi connectivity index (χ3n) is 3.34. The van der Waals surface area contributed by atoms with Gasteiger partial charge < -0.3 is 24.5 Å². The van der Waals surface area contributed by atoms with Crippen molar-refractivity contribution in [1.29, 1.82) is 0 Å². The monoisotopic (exact) mass is 370 g/mol. The van der Waals surface area contributed by atoms with E-state index in [1.165, 1.54) is 17.3 Å². The molecule has 0 fully saturated rings. The highest BCUT2D eigenvalue weighted by atomic mass is 16.6. The van der Waals surface area contributed by atoms with E-state index in [9.17, 15) is 24.5 Å². The van der Waals surface area contributed by atoms with Gasteiger partial charge in [0.1, 0.15) is 25.6 Å². The first-order valence-electron chi connectivity index (χ1n) is 8.13. The van der Waals surface area contributed by atoms with Crippen LogP contribution in [0.25, 0.3) is 0 Å². The van der Waals surface area contributed by atoms with E-state index < -0.39 is 28.7 Å². The molecule has 1 rings (SSSR count). The van der Waals surface area contributed by atoms with E-state index in [-0.39, 0.29) is 45.7 Å². The van der Waals surface area contributed by atoms with Gasteiger partial charge in [0.25, 0.3) is 5.91 Å². The van der Waals surface area contributed by atoms with E-state index in [1.54, 1.807) is 13.8 Å². The van der Waals surface area contributed by atoms with Crippen molar-refractivity contribution in [1.82, 2.24) is 14.5 Å². The Morgan fingerprint density at radius 3 is 2.15 bits per heavy atom. The lowest BCUT2D eigenvalue weighted by molar-refractivity contribution is -0.396. The Hall–Kier alpha value is -2.98. The summed E-state index contributed by atoms with van der Waals surface area (Å²) in [5, 5.41) is 10.9. The molecule has 0 radical (unpaired) electrons. The summed E-state index contributed by atoms with van der Waals surface area (Å²) in [5.41, 5.74) is 0.